The number of nitrogens with zero attached hydrogens (tertiary/aromatic N) is 2. The fraction of sp³-hybridized carbons (Fsp3) is 0.412. The van der Waals surface area contributed by atoms with Crippen molar-refractivity contribution in [3.63, 3.8) is 0 Å². The first-order valence-corrected chi connectivity index (χ1v) is 8.26. The first-order valence-electron chi connectivity index (χ1n) is 7.47. The summed E-state index contributed by atoms with van der Waals surface area (Å²) in [6.07, 6.45) is 2.00. The Bertz CT molecular complexity index is 582. The van der Waals surface area contributed by atoms with E-state index in [9.17, 15) is 0 Å². The molecule has 112 valence electrons. The minimum atomic E-state index is 0.653. The van der Waals surface area contributed by atoms with Gasteiger partial charge < -0.3 is 5.32 Å². The van der Waals surface area contributed by atoms with Gasteiger partial charge in [-0.05, 0) is 35.2 Å². The summed E-state index contributed by atoms with van der Waals surface area (Å²) in [5, 5.41) is 3.32. The molecular weight excluding hydrogens is 326 g/mol. The molecule has 1 heterocycles. The van der Waals surface area contributed by atoms with E-state index in [-0.39, 0.29) is 0 Å². The van der Waals surface area contributed by atoms with Crippen LogP contribution in [0.5, 0.6) is 0 Å². The van der Waals surface area contributed by atoms with Gasteiger partial charge in [0, 0.05) is 18.5 Å². The lowest BCUT2D eigenvalue weighted by Crippen LogP contribution is -2.07. The van der Waals surface area contributed by atoms with Crippen molar-refractivity contribution in [1.29, 1.82) is 0 Å². The van der Waals surface area contributed by atoms with E-state index in [2.05, 4.69) is 59.1 Å². The van der Waals surface area contributed by atoms with Crippen LogP contribution in [-0.4, -0.2) is 16.5 Å². The zero-order valence-electron chi connectivity index (χ0n) is 12.9. The third-order valence-electron chi connectivity index (χ3n) is 3.23. The van der Waals surface area contributed by atoms with Crippen molar-refractivity contribution in [3.8, 4) is 11.3 Å². The minimum absolute atomic E-state index is 0.653. The van der Waals surface area contributed by atoms with Crippen molar-refractivity contribution in [1.82, 2.24) is 9.97 Å². The highest BCUT2D eigenvalue weighted by Gasteiger charge is 2.13. The molecule has 0 aliphatic carbocycles. The maximum Gasteiger partial charge on any atom is 0.144 e. The highest BCUT2D eigenvalue weighted by molar-refractivity contribution is 9.10. The van der Waals surface area contributed by atoms with Crippen LogP contribution in [0.1, 0.15) is 33.0 Å². The average molecular weight is 348 g/mol. The second-order valence-electron chi connectivity index (χ2n) is 5.48. The monoisotopic (exact) mass is 347 g/mol. The molecule has 0 fully saturated rings. The molecule has 0 radical (unpaired) electrons. The van der Waals surface area contributed by atoms with E-state index >= 15 is 0 Å². The zero-order chi connectivity index (χ0) is 15.2. The summed E-state index contributed by atoms with van der Waals surface area (Å²) >= 11 is 3.65. The molecule has 0 saturated carbocycles. The predicted molar refractivity (Wildman–Crippen MR) is 92.5 cm³/mol. The number of halogens is 1. The lowest BCUT2D eigenvalue weighted by molar-refractivity contribution is 0.575. The maximum absolute atomic E-state index is 4.76. The van der Waals surface area contributed by atoms with Crippen LogP contribution in [0.3, 0.4) is 0 Å². The quantitative estimate of drug-likeness (QED) is 0.805. The summed E-state index contributed by atoms with van der Waals surface area (Å²) in [7, 11) is 0. The van der Waals surface area contributed by atoms with Gasteiger partial charge in [-0.25, -0.2) is 9.97 Å². The number of hydrogen-bond donors (Lipinski definition) is 1. The van der Waals surface area contributed by atoms with E-state index in [1.807, 2.05) is 18.2 Å². The first-order chi connectivity index (χ1) is 10.1. The summed E-state index contributed by atoms with van der Waals surface area (Å²) in [6.45, 7) is 7.36. The average Bonchev–Trinajstić information content (AvgIpc) is 2.49. The van der Waals surface area contributed by atoms with Crippen LogP contribution < -0.4 is 5.32 Å². The molecule has 1 N–H and O–H groups in total. The van der Waals surface area contributed by atoms with E-state index in [1.54, 1.807) is 0 Å². The van der Waals surface area contributed by atoms with Crippen LogP contribution in [0.4, 0.5) is 5.82 Å². The van der Waals surface area contributed by atoms with Crippen LogP contribution >= 0.6 is 15.9 Å². The summed E-state index contributed by atoms with van der Waals surface area (Å²) < 4.78 is 0.934. The Hall–Kier alpha value is -1.42. The first kappa shape index (κ1) is 16.0. The third-order valence-corrected chi connectivity index (χ3v) is 3.99. The van der Waals surface area contributed by atoms with Gasteiger partial charge in [0.05, 0.1) is 10.2 Å². The molecular formula is C17H22BrN3. The Morgan fingerprint density at radius 2 is 1.86 bits per heavy atom. The number of aromatic nitrogens is 2. The molecule has 0 spiro atoms. The van der Waals surface area contributed by atoms with Gasteiger partial charge in [-0.1, -0.05) is 44.2 Å². The van der Waals surface area contributed by atoms with Crippen molar-refractivity contribution in [2.45, 2.75) is 33.6 Å². The highest BCUT2D eigenvalue weighted by atomic mass is 79.9. The largest absolute Gasteiger partial charge is 0.369 e. The van der Waals surface area contributed by atoms with Gasteiger partial charge in [0.2, 0.25) is 0 Å². The molecule has 0 saturated heterocycles. The molecule has 0 aliphatic rings. The summed E-state index contributed by atoms with van der Waals surface area (Å²) in [5.74, 6) is 2.44. The predicted octanol–water partition coefficient (Wildman–Crippen LogP) is 4.93. The second-order valence-corrected chi connectivity index (χ2v) is 6.27. The Balaban J connectivity index is 2.42. The summed E-state index contributed by atoms with van der Waals surface area (Å²) in [5.41, 5.74) is 2.07. The molecule has 0 bridgehead atoms. The van der Waals surface area contributed by atoms with Crippen molar-refractivity contribution >= 4 is 21.7 Å². The molecule has 1 aromatic heterocycles. The van der Waals surface area contributed by atoms with Crippen LogP contribution in [0.15, 0.2) is 34.8 Å². The van der Waals surface area contributed by atoms with Gasteiger partial charge in [-0.15, -0.1) is 0 Å². The molecule has 2 rings (SSSR count). The van der Waals surface area contributed by atoms with Gasteiger partial charge in [0.25, 0.3) is 0 Å². The van der Waals surface area contributed by atoms with Gasteiger partial charge in [0.1, 0.15) is 11.6 Å². The van der Waals surface area contributed by atoms with Crippen molar-refractivity contribution in [2.75, 3.05) is 11.9 Å². The topological polar surface area (TPSA) is 37.8 Å². The Morgan fingerprint density at radius 3 is 2.48 bits per heavy atom. The third kappa shape index (κ3) is 4.27. The minimum Gasteiger partial charge on any atom is -0.369 e. The standard InChI is InChI=1S/C17H22BrN3/c1-4-19-17-15(18)16(13-8-6-5-7-9-13)20-14(21-17)11-10-12(2)3/h5-9,12H,4,10-11H2,1-3H3,(H,19,20,21). The molecule has 4 heteroatoms. The number of nitrogens with one attached hydrogen (secondary N) is 1. The number of hydrogen-bond acceptors (Lipinski definition) is 3. The van der Waals surface area contributed by atoms with E-state index < -0.39 is 0 Å². The highest BCUT2D eigenvalue weighted by Crippen LogP contribution is 2.31. The molecule has 2 aromatic rings. The molecule has 0 unspecified atom stereocenters. The zero-order valence-corrected chi connectivity index (χ0v) is 14.4. The smallest absolute Gasteiger partial charge is 0.144 e. The number of benzene rings is 1. The Morgan fingerprint density at radius 1 is 1.14 bits per heavy atom. The number of anilines is 1. The lowest BCUT2D eigenvalue weighted by atomic mass is 10.1. The van der Waals surface area contributed by atoms with Crippen molar-refractivity contribution < 1.29 is 0 Å². The number of rotatable bonds is 6. The van der Waals surface area contributed by atoms with Crippen LogP contribution in [-0.2, 0) is 6.42 Å². The molecule has 0 atom stereocenters. The fourth-order valence-electron chi connectivity index (χ4n) is 2.09. The fourth-order valence-corrected chi connectivity index (χ4v) is 2.64. The lowest BCUT2D eigenvalue weighted by Gasteiger charge is -2.13. The molecule has 0 amide bonds. The van der Waals surface area contributed by atoms with Gasteiger partial charge >= 0.3 is 0 Å². The summed E-state index contributed by atoms with van der Waals surface area (Å²) in [6, 6.07) is 10.2. The summed E-state index contributed by atoms with van der Waals surface area (Å²) in [4.78, 5) is 9.41. The van der Waals surface area contributed by atoms with Crippen molar-refractivity contribution in [2.24, 2.45) is 5.92 Å². The van der Waals surface area contributed by atoms with Gasteiger partial charge in [-0.2, -0.15) is 0 Å². The van der Waals surface area contributed by atoms with Crippen LogP contribution in [0.2, 0.25) is 0 Å². The van der Waals surface area contributed by atoms with Gasteiger partial charge in [0.15, 0.2) is 0 Å². The van der Waals surface area contributed by atoms with E-state index in [1.165, 1.54) is 0 Å². The molecule has 3 nitrogen and oxygen atoms in total. The van der Waals surface area contributed by atoms with Crippen LogP contribution in [0, 0.1) is 5.92 Å². The van der Waals surface area contributed by atoms with E-state index in [0.717, 1.165) is 46.8 Å². The Kier molecular flexibility index (Phi) is 5.74. The molecule has 21 heavy (non-hydrogen) atoms. The maximum atomic E-state index is 4.76. The van der Waals surface area contributed by atoms with Crippen molar-refractivity contribution in [3.05, 3.63) is 40.6 Å². The molecule has 0 aliphatic heterocycles. The van der Waals surface area contributed by atoms with Crippen LogP contribution in [0.25, 0.3) is 11.3 Å². The normalized spacial score (nSPS) is 10.9. The SMILES string of the molecule is CCNc1nc(CCC(C)C)nc(-c2ccccc2)c1Br. The number of aryl methyl sites for hydroxylation is 1. The van der Waals surface area contributed by atoms with E-state index in [0.29, 0.717) is 5.92 Å². The second kappa shape index (κ2) is 7.55. The van der Waals surface area contributed by atoms with Gasteiger partial charge in [-0.3, -0.25) is 0 Å². The van der Waals surface area contributed by atoms with E-state index in [4.69, 9.17) is 4.98 Å². The Labute approximate surface area is 135 Å². The molecule has 1 aromatic carbocycles.